The fraction of sp³-hybridized carbons (Fsp3) is 0.571. The summed E-state index contributed by atoms with van der Waals surface area (Å²) in [6.07, 6.45) is 4.21. The number of nitrogens with zero attached hydrogens (tertiary/aromatic N) is 1. The minimum Gasteiger partial charge on any atom is -0.457 e. The number of furan rings is 1. The summed E-state index contributed by atoms with van der Waals surface area (Å²) in [5.74, 6) is -3.45. The van der Waals surface area contributed by atoms with Crippen molar-refractivity contribution in [1.29, 1.82) is 0 Å². The van der Waals surface area contributed by atoms with Crippen LogP contribution in [0.2, 0.25) is 0 Å². The summed E-state index contributed by atoms with van der Waals surface area (Å²) >= 11 is 0.360. The fourth-order valence-corrected chi connectivity index (χ4v) is 8.94. The van der Waals surface area contributed by atoms with E-state index in [4.69, 9.17) is 9.15 Å². The van der Waals surface area contributed by atoms with Gasteiger partial charge in [0.25, 0.3) is 0 Å². The Hall–Kier alpha value is -2.62. The molecule has 0 N–H and O–H groups in total. The first-order valence-electron chi connectivity index (χ1n) is 12.7. The van der Waals surface area contributed by atoms with Gasteiger partial charge in [0.05, 0.1) is 6.26 Å². The van der Waals surface area contributed by atoms with Crippen molar-refractivity contribution in [3.8, 4) is 0 Å². The summed E-state index contributed by atoms with van der Waals surface area (Å²) in [6, 6.07) is 0.306. The Morgan fingerprint density at radius 2 is 2.03 bits per heavy atom. The topological polar surface area (TPSA) is 85.9 Å². The lowest BCUT2D eigenvalue weighted by atomic mass is 9.44. The monoisotopic (exact) mass is 549 g/mol. The van der Waals surface area contributed by atoms with Gasteiger partial charge in [-0.25, -0.2) is 18.0 Å². The number of thioether (sulfide) groups is 1. The van der Waals surface area contributed by atoms with Gasteiger partial charge in [-0.3, -0.25) is 4.79 Å². The minimum atomic E-state index is -2.26. The van der Waals surface area contributed by atoms with Crippen LogP contribution in [0.3, 0.4) is 0 Å². The Balaban J connectivity index is 1.67. The lowest BCUT2D eigenvalue weighted by Gasteiger charge is -2.62. The van der Waals surface area contributed by atoms with Crippen molar-refractivity contribution in [3.63, 3.8) is 0 Å². The Morgan fingerprint density at radius 1 is 1.29 bits per heavy atom. The highest BCUT2D eigenvalue weighted by molar-refractivity contribution is 8.13. The first-order valence-corrected chi connectivity index (χ1v) is 13.6. The van der Waals surface area contributed by atoms with Crippen LogP contribution >= 0.6 is 11.8 Å². The zero-order valence-electron chi connectivity index (χ0n) is 21.4. The highest BCUT2D eigenvalue weighted by Gasteiger charge is 2.78. The molecule has 9 atom stereocenters. The van der Waals surface area contributed by atoms with Crippen molar-refractivity contribution in [1.82, 2.24) is 0 Å². The van der Waals surface area contributed by atoms with Gasteiger partial charge in [-0.15, -0.1) is 0 Å². The van der Waals surface area contributed by atoms with E-state index in [1.54, 1.807) is 32.9 Å². The van der Waals surface area contributed by atoms with Gasteiger partial charge >= 0.3 is 5.97 Å². The number of ether oxygens (including phenoxy) is 1. The number of allylic oxidation sites excluding steroid dienone is 5. The molecule has 0 amide bonds. The minimum absolute atomic E-state index is 0.154. The Bertz CT molecular complexity index is 1250. The molecule has 0 aromatic carbocycles. The van der Waals surface area contributed by atoms with Crippen LogP contribution in [0.5, 0.6) is 0 Å². The van der Waals surface area contributed by atoms with Crippen molar-refractivity contribution in [2.24, 2.45) is 33.8 Å². The predicted octanol–water partition coefficient (Wildman–Crippen LogP) is 6.69. The average molecular weight is 550 g/mol. The van der Waals surface area contributed by atoms with Crippen molar-refractivity contribution >= 4 is 22.8 Å². The van der Waals surface area contributed by atoms with Crippen molar-refractivity contribution in [2.75, 3.05) is 6.01 Å². The average Bonchev–Trinajstić information content (AvgIpc) is 3.48. The van der Waals surface area contributed by atoms with Crippen LogP contribution in [0.25, 0.3) is 0 Å². The Morgan fingerprint density at radius 3 is 2.66 bits per heavy atom. The zero-order chi connectivity index (χ0) is 27.7. The second-order valence-electron chi connectivity index (χ2n) is 11.4. The molecule has 6 nitrogen and oxygen atoms in total. The smallest absolute Gasteiger partial charge is 0.375 e. The summed E-state index contributed by atoms with van der Waals surface area (Å²) in [7, 11) is 0. The van der Waals surface area contributed by atoms with Crippen LogP contribution in [0, 0.1) is 33.5 Å². The largest absolute Gasteiger partial charge is 0.457 e. The maximum atomic E-state index is 17.7. The number of esters is 1. The third-order valence-corrected chi connectivity index (χ3v) is 10.5. The molecule has 0 aliphatic heterocycles. The number of alkyl halides is 3. The van der Waals surface area contributed by atoms with E-state index in [-0.39, 0.29) is 30.6 Å². The second kappa shape index (κ2) is 8.96. The molecule has 10 heteroatoms. The first-order chi connectivity index (χ1) is 17.9. The highest BCUT2D eigenvalue weighted by atomic mass is 32.2. The number of hydrogen-bond donors (Lipinski definition) is 0. The third-order valence-electron chi connectivity index (χ3n) is 9.85. The number of nitroso groups, excluding NO2 is 1. The molecular formula is C28H30F3NO5S. The molecule has 0 bridgehead atoms. The van der Waals surface area contributed by atoms with E-state index < -0.39 is 69.2 Å². The number of carbonyl (C=O) groups is 2. The van der Waals surface area contributed by atoms with Gasteiger partial charge in [0.2, 0.25) is 10.9 Å². The predicted molar refractivity (Wildman–Crippen MR) is 136 cm³/mol. The van der Waals surface area contributed by atoms with Gasteiger partial charge in [0, 0.05) is 22.7 Å². The fourth-order valence-electron chi connectivity index (χ4n) is 8.15. The van der Waals surface area contributed by atoms with E-state index in [1.807, 2.05) is 0 Å². The quantitative estimate of drug-likeness (QED) is 0.301. The van der Waals surface area contributed by atoms with Gasteiger partial charge in [-0.05, 0) is 67.1 Å². The normalized spacial score (nSPS) is 43.5. The zero-order valence-corrected chi connectivity index (χ0v) is 22.2. The van der Waals surface area contributed by atoms with Gasteiger partial charge < -0.3 is 9.15 Å². The van der Waals surface area contributed by atoms with Crippen LogP contribution in [0.1, 0.15) is 50.6 Å². The van der Waals surface area contributed by atoms with Crippen LogP contribution in [0.4, 0.5) is 13.2 Å². The molecule has 0 spiro atoms. The summed E-state index contributed by atoms with van der Waals surface area (Å²) in [4.78, 5) is 39.2. The number of carbonyl (C=O) groups excluding carboxylic acids is 2. The van der Waals surface area contributed by atoms with Crippen molar-refractivity contribution in [3.05, 3.63) is 65.0 Å². The maximum absolute atomic E-state index is 17.7. The molecule has 3 fully saturated rings. The van der Waals surface area contributed by atoms with E-state index in [2.05, 4.69) is 11.8 Å². The van der Waals surface area contributed by atoms with Gasteiger partial charge in [-0.2, -0.15) is 4.91 Å². The molecular weight excluding hydrogens is 519 g/mol. The number of fused-ring (bicyclic) bond motifs is 5. The first kappa shape index (κ1) is 27.0. The summed E-state index contributed by atoms with van der Waals surface area (Å²) in [6.45, 7) is 8.77. The molecule has 0 radical (unpaired) electrons. The summed E-state index contributed by atoms with van der Waals surface area (Å²) < 4.78 is 58.1. The van der Waals surface area contributed by atoms with E-state index in [1.165, 1.54) is 24.5 Å². The maximum Gasteiger partial charge on any atom is 0.375 e. The van der Waals surface area contributed by atoms with Crippen molar-refractivity contribution < 1.29 is 31.9 Å². The van der Waals surface area contributed by atoms with Gasteiger partial charge in [-0.1, -0.05) is 43.8 Å². The van der Waals surface area contributed by atoms with E-state index in [0.29, 0.717) is 17.3 Å². The number of hydrogen-bond acceptors (Lipinski definition) is 7. The standard InChI is InChI=1S/C28H30F3NO5S/c1-15-7-8-25(3)19(10-15)20(30)12-18-17-11-16(2)28(24(34)38-14-29,37-23(33)21-6-5-9-36-21)26(17,4)13-22(32-35)27(18,25)31/h5-10,16-18,20,22H,1,11-14H2,2-4H3/t16-,17?,18?,20+,22?,25+,26?,27+,28+/m1/s1. The molecule has 0 saturated heterocycles. The number of rotatable bonds is 5. The molecule has 4 unspecified atom stereocenters. The van der Waals surface area contributed by atoms with E-state index in [9.17, 15) is 18.9 Å². The number of halogens is 3. The van der Waals surface area contributed by atoms with Crippen LogP contribution in [-0.2, 0) is 9.53 Å². The third kappa shape index (κ3) is 3.27. The Kier molecular flexibility index (Phi) is 6.36. The molecule has 4 aliphatic carbocycles. The van der Waals surface area contributed by atoms with Gasteiger partial charge in [0.15, 0.2) is 11.3 Å². The van der Waals surface area contributed by atoms with Crippen LogP contribution in [0.15, 0.2) is 63.9 Å². The molecule has 204 valence electrons. The Labute approximate surface area is 223 Å². The van der Waals surface area contributed by atoms with Crippen LogP contribution < -0.4 is 0 Å². The molecule has 1 aromatic rings. The van der Waals surface area contributed by atoms with Gasteiger partial charge in [0.1, 0.15) is 18.2 Å². The highest BCUT2D eigenvalue weighted by Crippen LogP contribution is 2.72. The molecule has 1 heterocycles. The molecule has 4 aliphatic rings. The molecule has 38 heavy (non-hydrogen) atoms. The summed E-state index contributed by atoms with van der Waals surface area (Å²) in [5.41, 5.74) is -6.22. The van der Waals surface area contributed by atoms with E-state index in [0.717, 1.165) is 0 Å². The second-order valence-corrected chi connectivity index (χ2v) is 12.3. The van der Waals surface area contributed by atoms with Crippen molar-refractivity contribution in [2.45, 2.75) is 63.5 Å². The molecule has 5 rings (SSSR count). The molecule has 3 saturated carbocycles. The van der Waals surface area contributed by atoms with Crippen LogP contribution in [-0.4, -0.2) is 40.6 Å². The van der Waals surface area contributed by atoms with E-state index >= 15 is 8.78 Å². The molecule has 1 aromatic heterocycles. The summed E-state index contributed by atoms with van der Waals surface area (Å²) in [5, 5.41) is 2.50. The SMILES string of the molecule is C=C1C=C[C@@]2(C)C(=C1)[C@@H](F)CC1C3C[C@@H](C)[C@](OC(=O)c4ccco4)(C(=O)SCF)C3(C)CC(N=O)[C@@]12F. The lowest BCUT2D eigenvalue weighted by Crippen LogP contribution is -2.70. The lowest BCUT2D eigenvalue weighted by molar-refractivity contribution is -0.185.